The maximum absolute atomic E-state index is 13.5. The van der Waals surface area contributed by atoms with Crippen LogP contribution in [-0.4, -0.2) is 94.5 Å². The molecule has 9 nitrogen and oxygen atoms in total. The van der Waals surface area contributed by atoms with Gasteiger partial charge in [0.05, 0.1) is 12.1 Å². The summed E-state index contributed by atoms with van der Waals surface area (Å²) in [4.78, 5) is 24.9. The Labute approximate surface area is 235 Å². The second kappa shape index (κ2) is 12.8. The molecule has 2 aliphatic rings. The molecular weight excluding hydrogens is 493 g/mol. The summed E-state index contributed by atoms with van der Waals surface area (Å²) in [6.07, 6.45) is 7.63. The smallest absolute Gasteiger partial charge is 0.318 e. The van der Waals surface area contributed by atoms with Crippen molar-refractivity contribution in [1.82, 2.24) is 10.2 Å². The van der Waals surface area contributed by atoms with Crippen LogP contribution in [0.15, 0.2) is 54.1 Å². The van der Waals surface area contributed by atoms with Crippen LogP contribution in [-0.2, 0) is 21.3 Å². The summed E-state index contributed by atoms with van der Waals surface area (Å²) in [6.45, 7) is 4.49. The van der Waals surface area contributed by atoms with Crippen LogP contribution in [0.2, 0.25) is 0 Å². The Morgan fingerprint density at radius 1 is 1.25 bits per heavy atom. The number of urea groups is 1. The second-order valence-corrected chi connectivity index (χ2v) is 11.3. The number of allylic oxidation sites excluding steroid dienone is 3. The quantitative estimate of drug-likeness (QED) is 0.281. The number of piperidine rings is 1. The number of benzene rings is 1. The van der Waals surface area contributed by atoms with E-state index in [0.717, 1.165) is 18.4 Å². The van der Waals surface area contributed by atoms with E-state index in [2.05, 4.69) is 11.4 Å². The first kappa shape index (κ1) is 30.7. The number of hydrogen-bond acceptors (Lipinski definition) is 6. The van der Waals surface area contributed by atoms with Gasteiger partial charge in [0.1, 0.15) is 0 Å². The fraction of sp³-hybridized carbons (Fsp3) is 0.520. The van der Waals surface area contributed by atoms with Gasteiger partial charge in [-0.25, -0.2) is 4.79 Å². The largest absolute Gasteiger partial charge is 0.366 e. The van der Waals surface area contributed by atoms with Gasteiger partial charge < -0.3 is 21.1 Å². The average molecular weight is 529 g/mol. The molecule has 1 aromatic rings. The average Bonchev–Trinajstić information content (AvgIpc) is 2.81. The molecule has 4 atom stereocenters. The Balaban J connectivity index is 0.00000456. The topological polar surface area (TPSA) is 150 Å². The first-order chi connectivity index (χ1) is 16.4. The van der Waals surface area contributed by atoms with Crippen LogP contribution in [0.25, 0.3) is 0 Å². The molecule has 0 aromatic heterocycles. The number of carbonyl (C=O) groups is 2. The number of nitrogens with two attached hydrogens (primary N) is 1. The van der Waals surface area contributed by atoms with E-state index in [1.54, 1.807) is 49.1 Å². The Morgan fingerprint density at radius 2 is 1.92 bits per heavy atom. The molecule has 0 spiro atoms. The molecule has 1 aromatic carbocycles. The molecule has 1 radical (unpaired) electrons. The number of hydrogen-bond donors (Lipinski definition) is 4. The van der Waals surface area contributed by atoms with Crippen molar-refractivity contribution in [1.29, 1.82) is 0 Å². The third-order valence-electron chi connectivity index (χ3n) is 6.67. The first-order valence-corrected chi connectivity index (χ1v) is 13.3. The van der Waals surface area contributed by atoms with Crippen molar-refractivity contribution in [2.24, 2.45) is 17.6 Å². The number of fused-ring (bicyclic) bond motifs is 1. The Hall–Kier alpha value is -1.53. The van der Waals surface area contributed by atoms with E-state index in [1.165, 1.54) is 0 Å². The van der Waals surface area contributed by atoms with E-state index in [-0.39, 0.29) is 48.3 Å². The minimum Gasteiger partial charge on any atom is -0.366 e. The van der Waals surface area contributed by atoms with Crippen LogP contribution in [0.3, 0.4) is 0 Å². The molecule has 3 rings (SSSR count). The monoisotopic (exact) mass is 528 g/mol. The maximum atomic E-state index is 13.5. The molecule has 0 bridgehead atoms. The summed E-state index contributed by atoms with van der Waals surface area (Å²) in [7, 11) is -5.34. The molecule has 1 aliphatic heterocycles. The van der Waals surface area contributed by atoms with Crippen molar-refractivity contribution in [2.75, 3.05) is 13.1 Å². The van der Waals surface area contributed by atoms with Crippen molar-refractivity contribution in [3.63, 3.8) is 0 Å². The Kier molecular flexibility index (Phi) is 10.9. The predicted octanol–water partition coefficient (Wildman–Crippen LogP) is 1.65. The van der Waals surface area contributed by atoms with Gasteiger partial charge in [-0.3, -0.25) is 9.35 Å². The van der Waals surface area contributed by atoms with Crippen molar-refractivity contribution in [2.45, 2.75) is 56.5 Å². The van der Waals surface area contributed by atoms with Gasteiger partial charge in [0.2, 0.25) is 5.78 Å². The van der Waals surface area contributed by atoms with Crippen LogP contribution in [0.5, 0.6) is 0 Å². The summed E-state index contributed by atoms with van der Waals surface area (Å²) in [5.74, 6) is -0.991. The number of nitrogens with zero attached hydrogens (tertiary/aromatic N) is 1. The normalized spacial score (nSPS) is 20.9. The number of Topliss-reactive ketones (excluding diaryl/α,β-unsaturated/α-hetero) is 1. The number of ketones is 1. The molecular formula is C25H35N3NaO6S. The van der Waals surface area contributed by atoms with Crippen LogP contribution in [0, 0.1) is 11.8 Å². The van der Waals surface area contributed by atoms with E-state index in [4.69, 9.17) is 5.73 Å². The minimum absolute atomic E-state index is 0. The molecule has 5 N–H and O–H groups in total. The second-order valence-electron chi connectivity index (χ2n) is 9.78. The summed E-state index contributed by atoms with van der Waals surface area (Å²) in [5.41, 5.74) is 7.75. The Morgan fingerprint density at radius 3 is 2.53 bits per heavy atom. The maximum Gasteiger partial charge on any atom is 0.318 e. The summed E-state index contributed by atoms with van der Waals surface area (Å²) in [5, 5.41) is 13.7. The number of nitrogens with one attached hydrogen (secondary N) is 1. The molecule has 36 heavy (non-hydrogen) atoms. The van der Waals surface area contributed by atoms with Gasteiger partial charge in [-0.1, -0.05) is 62.4 Å². The minimum atomic E-state index is -5.34. The SMILES string of the molecule is CC(C)C[C@H](NC(=O)N1CCC2CC=CC=C2C1)C(=O)C(O)(C(N)Cc1ccccc1)S(=O)(=O)O.[Na]. The number of carbonyl (C=O) groups excluding carboxylic acids is 2. The van der Waals surface area contributed by atoms with Gasteiger partial charge in [0.15, 0.2) is 0 Å². The summed E-state index contributed by atoms with van der Waals surface area (Å²) < 4.78 is 34.6. The molecule has 3 unspecified atom stereocenters. The number of rotatable bonds is 9. The van der Waals surface area contributed by atoms with Gasteiger partial charge in [-0.05, 0) is 48.7 Å². The zero-order chi connectivity index (χ0) is 25.8. The van der Waals surface area contributed by atoms with Crippen LogP contribution < -0.4 is 11.1 Å². The molecule has 2 amide bonds. The van der Waals surface area contributed by atoms with Gasteiger partial charge in [-0.2, -0.15) is 8.42 Å². The van der Waals surface area contributed by atoms with Crippen molar-refractivity contribution < 1.29 is 27.7 Å². The molecule has 1 heterocycles. The van der Waals surface area contributed by atoms with E-state index >= 15 is 0 Å². The zero-order valence-electron chi connectivity index (χ0n) is 21.1. The number of aliphatic hydroxyl groups is 1. The first-order valence-electron chi connectivity index (χ1n) is 11.9. The number of likely N-dealkylation sites (tertiary alicyclic amines) is 1. The van der Waals surface area contributed by atoms with Crippen LogP contribution in [0.4, 0.5) is 4.79 Å². The summed E-state index contributed by atoms with van der Waals surface area (Å²) >= 11 is 0. The van der Waals surface area contributed by atoms with Crippen molar-refractivity contribution >= 4 is 51.5 Å². The number of amides is 2. The fourth-order valence-corrected chi connectivity index (χ4v) is 5.55. The van der Waals surface area contributed by atoms with Crippen LogP contribution in [0.1, 0.15) is 38.7 Å². The molecule has 0 saturated carbocycles. The van der Waals surface area contributed by atoms with Gasteiger partial charge in [-0.15, -0.1) is 0 Å². The predicted molar refractivity (Wildman–Crippen MR) is 139 cm³/mol. The Bertz CT molecular complexity index is 1090. The molecule has 1 saturated heterocycles. The third-order valence-corrected chi connectivity index (χ3v) is 7.96. The fourth-order valence-electron chi connectivity index (χ4n) is 4.69. The molecule has 193 valence electrons. The zero-order valence-corrected chi connectivity index (χ0v) is 23.9. The van der Waals surface area contributed by atoms with Gasteiger partial charge in [0, 0.05) is 42.6 Å². The van der Waals surface area contributed by atoms with E-state index < -0.39 is 38.9 Å². The molecule has 1 fully saturated rings. The van der Waals surface area contributed by atoms with Crippen LogP contribution >= 0.6 is 0 Å². The third kappa shape index (κ3) is 7.06. The van der Waals surface area contributed by atoms with E-state index in [1.807, 2.05) is 12.2 Å². The standard InChI is InChI=1S/C25H35N3O6S.Na/c1-17(2)14-21(27-24(30)28-13-12-19-10-6-7-11-20(19)16-28)23(29)25(31,35(32,33)34)22(26)15-18-8-4-3-5-9-18;/h3-9,11,17,19,21-22,31H,10,12-16,26H2,1-2H3,(H,27,30)(H,32,33,34);/t19?,21-,22?,25?;/m0./s1. The van der Waals surface area contributed by atoms with Gasteiger partial charge in [0.25, 0.3) is 4.93 Å². The molecule has 11 heteroatoms. The van der Waals surface area contributed by atoms with E-state index in [9.17, 15) is 27.7 Å². The van der Waals surface area contributed by atoms with Crippen molar-refractivity contribution in [3.05, 3.63) is 59.7 Å². The van der Waals surface area contributed by atoms with Gasteiger partial charge >= 0.3 is 16.1 Å². The van der Waals surface area contributed by atoms with Crippen molar-refractivity contribution in [3.8, 4) is 0 Å². The molecule has 1 aliphatic carbocycles. The summed E-state index contributed by atoms with van der Waals surface area (Å²) in [6, 6.07) is 4.95. The van der Waals surface area contributed by atoms with E-state index in [0.29, 0.717) is 24.6 Å².